The first-order valence-electron chi connectivity index (χ1n) is 4.42. The van der Waals surface area contributed by atoms with Crippen LogP contribution in [0, 0.1) is 0 Å². The summed E-state index contributed by atoms with van der Waals surface area (Å²) in [5, 5.41) is 3.41. The molecule has 1 atom stereocenters. The molecule has 0 saturated carbocycles. The minimum Gasteiger partial charge on any atom is -0.385 e. The third-order valence-electron chi connectivity index (χ3n) is 1.86. The molecule has 13 heavy (non-hydrogen) atoms. The molecule has 1 heterocycles. The van der Waals surface area contributed by atoms with E-state index in [1.54, 1.807) is 18.4 Å². The molecule has 1 aromatic heterocycles. The lowest BCUT2D eigenvalue weighted by Crippen LogP contribution is -2.26. The third-order valence-corrected chi connectivity index (χ3v) is 2.64. The molecule has 0 aliphatic carbocycles. The molecule has 0 spiro atoms. The van der Waals surface area contributed by atoms with Crippen LogP contribution in [0.5, 0.6) is 0 Å². The van der Waals surface area contributed by atoms with Crippen LogP contribution in [0.4, 0.5) is 0 Å². The van der Waals surface area contributed by atoms with Crippen molar-refractivity contribution in [2.75, 3.05) is 13.7 Å². The van der Waals surface area contributed by atoms with Crippen LogP contribution in [0.25, 0.3) is 0 Å². The Balaban J connectivity index is 2.11. The van der Waals surface area contributed by atoms with Gasteiger partial charge in [-0.1, -0.05) is 0 Å². The topological polar surface area (TPSA) is 34.1 Å². The monoisotopic (exact) mass is 200 g/mol. The smallest absolute Gasteiger partial charge is 0.0794 e. The molecule has 0 aliphatic rings. The van der Waals surface area contributed by atoms with Gasteiger partial charge in [-0.3, -0.25) is 4.98 Å². The molecule has 4 heteroatoms. The number of nitrogens with zero attached hydrogens (tertiary/aromatic N) is 1. The Morgan fingerprint density at radius 1 is 1.69 bits per heavy atom. The van der Waals surface area contributed by atoms with E-state index in [-0.39, 0.29) is 0 Å². The first-order valence-corrected chi connectivity index (χ1v) is 5.30. The molecule has 0 saturated heterocycles. The van der Waals surface area contributed by atoms with Gasteiger partial charge in [-0.2, -0.15) is 0 Å². The molecule has 0 aromatic carbocycles. The Morgan fingerprint density at radius 3 is 3.15 bits per heavy atom. The second-order valence-electron chi connectivity index (χ2n) is 3.03. The number of thiazole rings is 1. The van der Waals surface area contributed by atoms with Crippen LogP contribution < -0.4 is 5.32 Å². The summed E-state index contributed by atoms with van der Waals surface area (Å²) in [6.07, 6.45) is 2.95. The summed E-state index contributed by atoms with van der Waals surface area (Å²) in [4.78, 5) is 5.30. The van der Waals surface area contributed by atoms with E-state index >= 15 is 0 Å². The molecule has 1 N–H and O–H groups in total. The summed E-state index contributed by atoms with van der Waals surface area (Å²) < 4.78 is 5.00. The number of hydrogen-bond acceptors (Lipinski definition) is 4. The zero-order valence-corrected chi connectivity index (χ0v) is 8.93. The summed E-state index contributed by atoms with van der Waals surface area (Å²) in [6.45, 7) is 3.90. The van der Waals surface area contributed by atoms with Crippen LogP contribution in [-0.2, 0) is 11.3 Å². The number of nitrogens with one attached hydrogen (secondary N) is 1. The number of hydrogen-bond donors (Lipinski definition) is 1. The van der Waals surface area contributed by atoms with E-state index in [1.165, 1.54) is 4.88 Å². The van der Waals surface area contributed by atoms with Crippen LogP contribution in [-0.4, -0.2) is 24.7 Å². The van der Waals surface area contributed by atoms with Gasteiger partial charge in [0.15, 0.2) is 0 Å². The third kappa shape index (κ3) is 4.36. The Hall–Kier alpha value is -0.450. The van der Waals surface area contributed by atoms with E-state index in [0.717, 1.165) is 19.6 Å². The fourth-order valence-electron chi connectivity index (χ4n) is 1.00. The Bertz CT molecular complexity index is 213. The molecule has 1 unspecified atom stereocenters. The minimum absolute atomic E-state index is 0.502. The predicted octanol–water partition coefficient (Wildman–Crippen LogP) is 1.66. The first kappa shape index (κ1) is 10.6. The van der Waals surface area contributed by atoms with Gasteiger partial charge < -0.3 is 10.1 Å². The van der Waals surface area contributed by atoms with Crippen molar-refractivity contribution in [1.29, 1.82) is 0 Å². The van der Waals surface area contributed by atoms with Gasteiger partial charge in [0.05, 0.1) is 5.51 Å². The summed E-state index contributed by atoms with van der Waals surface area (Å²) in [7, 11) is 1.73. The van der Waals surface area contributed by atoms with Crippen molar-refractivity contribution in [3.63, 3.8) is 0 Å². The molecule has 1 aromatic rings. The standard InChI is InChI=1S/C9H16N2OS/c1-8(3-4-12-2)11-6-9-5-10-7-13-9/h5,7-8,11H,3-4,6H2,1-2H3. The number of ether oxygens (including phenoxy) is 1. The van der Waals surface area contributed by atoms with E-state index in [9.17, 15) is 0 Å². The van der Waals surface area contributed by atoms with E-state index in [0.29, 0.717) is 6.04 Å². The van der Waals surface area contributed by atoms with Gasteiger partial charge >= 0.3 is 0 Å². The Morgan fingerprint density at radius 2 is 2.54 bits per heavy atom. The van der Waals surface area contributed by atoms with Crippen LogP contribution in [0.3, 0.4) is 0 Å². The predicted molar refractivity (Wildman–Crippen MR) is 54.9 cm³/mol. The normalized spacial score (nSPS) is 13.1. The van der Waals surface area contributed by atoms with E-state index < -0.39 is 0 Å². The minimum atomic E-state index is 0.502. The van der Waals surface area contributed by atoms with Gasteiger partial charge in [0.25, 0.3) is 0 Å². The molecule has 0 bridgehead atoms. The molecule has 1 rings (SSSR count). The van der Waals surface area contributed by atoms with Crippen molar-refractivity contribution in [1.82, 2.24) is 10.3 Å². The van der Waals surface area contributed by atoms with Crippen molar-refractivity contribution in [3.8, 4) is 0 Å². The highest BCUT2D eigenvalue weighted by atomic mass is 32.1. The van der Waals surface area contributed by atoms with Gasteiger partial charge in [-0.15, -0.1) is 11.3 Å². The van der Waals surface area contributed by atoms with Crippen LogP contribution in [0.1, 0.15) is 18.2 Å². The Labute approximate surface area is 83.1 Å². The van der Waals surface area contributed by atoms with Gasteiger partial charge in [0.1, 0.15) is 0 Å². The lowest BCUT2D eigenvalue weighted by atomic mass is 10.2. The number of methoxy groups -OCH3 is 1. The fraction of sp³-hybridized carbons (Fsp3) is 0.667. The Kier molecular flexibility index (Phi) is 4.97. The highest BCUT2D eigenvalue weighted by Crippen LogP contribution is 2.05. The number of rotatable bonds is 6. The fourth-order valence-corrected chi connectivity index (χ4v) is 1.55. The molecular weight excluding hydrogens is 184 g/mol. The first-order chi connectivity index (χ1) is 6.33. The zero-order valence-electron chi connectivity index (χ0n) is 8.12. The van der Waals surface area contributed by atoms with E-state index in [4.69, 9.17) is 4.74 Å². The van der Waals surface area contributed by atoms with Crippen molar-refractivity contribution in [2.24, 2.45) is 0 Å². The molecule has 0 amide bonds. The SMILES string of the molecule is COCCC(C)NCc1cncs1. The molecule has 0 fully saturated rings. The second-order valence-corrected chi connectivity index (χ2v) is 4.00. The van der Waals surface area contributed by atoms with Gasteiger partial charge in [0, 0.05) is 37.4 Å². The zero-order chi connectivity index (χ0) is 9.52. The number of aromatic nitrogens is 1. The molecular formula is C9H16N2OS. The molecule has 74 valence electrons. The lowest BCUT2D eigenvalue weighted by molar-refractivity contribution is 0.185. The van der Waals surface area contributed by atoms with Crippen molar-refractivity contribution in [2.45, 2.75) is 25.9 Å². The summed E-state index contributed by atoms with van der Waals surface area (Å²) in [6, 6.07) is 0.502. The lowest BCUT2D eigenvalue weighted by Gasteiger charge is -2.11. The van der Waals surface area contributed by atoms with Crippen molar-refractivity contribution < 1.29 is 4.74 Å². The van der Waals surface area contributed by atoms with Gasteiger partial charge in [0.2, 0.25) is 0 Å². The average molecular weight is 200 g/mol. The van der Waals surface area contributed by atoms with E-state index in [1.807, 2.05) is 11.7 Å². The largest absolute Gasteiger partial charge is 0.385 e. The summed E-state index contributed by atoms with van der Waals surface area (Å²) in [5.74, 6) is 0. The summed E-state index contributed by atoms with van der Waals surface area (Å²) >= 11 is 1.68. The maximum Gasteiger partial charge on any atom is 0.0794 e. The quantitative estimate of drug-likeness (QED) is 0.758. The van der Waals surface area contributed by atoms with E-state index in [2.05, 4.69) is 17.2 Å². The van der Waals surface area contributed by atoms with Crippen LogP contribution >= 0.6 is 11.3 Å². The van der Waals surface area contributed by atoms with Crippen molar-refractivity contribution >= 4 is 11.3 Å². The van der Waals surface area contributed by atoms with Crippen molar-refractivity contribution in [3.05, 3.63) is 16.6 Å². The highest BCUT2D eigenvalue weighted by molar-refractivity contribution is 7.09. The molecule has 0 radical (unpaired) electrons. The average Bonchev–Trinajstić information content (AvgIpc) is 2.64. The highest BCUT2D eigenvalue weighted by Gasteiger charge is 2.01. The second kappa shape index (κ2) is 6.07. The molecule has 3 nitrogen and oxygen atoms in total. The van der Waals surface area contributed by atoms with Gasteiger partial charge in [-0.25, -0.2) is 0 Å². The maximum absolute atomic E-state index is 5.00. The summed E-state index contributed by atoms with van der Waals surface area (Å²) in [5.41, 5.74) is 1.86. The van der Waals surface area contributed by atoms with Crippen LogP contribution in [0.15, 0.2) is 11.7 Å². The maximum atomic E-state index is 5.00. The molecule has 0 aliphatic heterocycles. The van der Waals surface area contributed by atoms with Gasteiger partial charge in [-0.05, 0) is 13.3 Å². The van der Waals surface area contributed by atoms with Crippen LogP contribution in [0.2, 0.25) is 0 Å².